The fourth-order valence-electron chi connectivity index (χ4n) is 2.67. The number of allylic oxidation sites excluding steroid dienone is 2. The quantitative estimate of drug-likeness (QED) is 0.830. The third kappa shape index (κ3) is 2.67. The molecule has 0 saturated carbocycles. The van der Waals surface area contributed by atoms with Crippen LogP contribution >= 0.6 is 11.3 Å². The fraction of sp³-hybridized carbons (Fsp3) is 0.375. The molecule has 0 saturated heterocycles. The molecule has 0 radical (unpaired) electrons. The number of hydrogen-bond acceptors (Lipinski definition) is 3. The SMILES string of the molecule is CN(C)CCN1C=CC2=CC=C(c3ccsc3)CC21. The molecule has 2 heterocycles. The molecule has 1 aliphatic heterocycles. The summed E-state index contributed by atoms with van der Waals surface area (Å²) in [6.45, 7) is 2.20. The van der Waals surface area contributed by atoms with Gasteiger partial charge in [0.25, 0.3) is 0 Å². The van der Waals surface area contributed by atoms with E-state index in [1.165, 1.54) is 16.7 Å². The first-order valence-electron chi connectivity index (χ1n) is 6.76. The van der Waals surface area contributed by atoms with Gasteiger partial charge in [-0.3, -0.25) is 0 Å². The first-order chi connectivity index (χ1) is 9.24. The van der Waals surface area contributed by atoms with Gasteiger partial charge in [-0.2, -0.15) is 11.3 Å². The van der Waals surface area contributed by atoms with Crippen LogP contribution in [0.2, 0.25) is 0 Å². The molecule has 2 nitrogen and oxygen atoms in total. The Morgan fingerprint density at radius 3 is 3.00 bits per heavy atom. The van der Waals surface area contributed by atoms with Gasteiger partial charge in [0.1, 0.15) is 0 Å². The van der Waals surface area contributed by atoms with E-state index >= 15 is 0 Å². The summed E-state index contributed by atoms with van der Waals surface area (Å²) >= 11 is 1.78. The molecule has 1 aliphatic carbocycles. The Labute approximate surface area is 119 Å². The summed E-state index contributed by atoms with van der Waals surface area (Å²) in [4.78, 5) is 4.72. The minimum absolute atomic E-state index is 0.542. The van der Waals surface area contributed by atoms with Crippen molar-refractivity contribution in [3.63, 3.8) is 0 Å². The lowest BCUT2D eigenvalue weighted by Gasteiger charge is -2.30. The predicted molar refractivity (Wildman–Crippen MR) is 83.2 cm³/mol. The molecule has 0 N–H and O–H groups in total. The highest BCUT2D eigenvalue weighted by Crippen LogP contribution is 2.34. The molecule has 19 heavy (non-hydrogen) atoms. The van der Waals surface area contributed by atoms with Crippen molar-refractivity contribution < 1.29 is 0 Å². The van der Waals surface area contributed by atoms with E-state index < -0.39 is 0 Å². The van der Waals surface area contributed by atoms with E-state index in [9.17, 15) is 0 Å². The molecule has 1 unspecified atom stereocenters. The highest BCUT2D eigenvalue weighted by atomic mass is 32.1. The second kappa shape index (κ2) is 5.35. The maximum absolute atomic E-state index is 2.48. The van der Waals surface area contributed by atoms with E-state index in [0.717, 1.165) is 19.5 Å². The average Bonchev–Trinajstić information content (AvgIpc) is 3.05. The zero-order valence-electron chi connectivity index (χ0n) is 11.5. The van der Waals surface area contributed by atoms with Gasteiger partial charge in [-0.25, -0.2) is 0 Å². The minimum atomic E-state index is 0.542. The van der Waals surface area contributed by atoms with Gasteiger partial charge < -0.3 is 9.80 Å². The van der Waals surface area contributed by atoms with Crippen molar-refractivity contribution in [3.8, 4) is 0 Å². The molecule has 100 valence electrons. The van der Waals surface area contributed by atoms with Gasteiger partial charge in [0.2, 0.25) is 0 Å². The standard InChI is InChI=1S/C16H20N2S/c1-17(2)8-9-18-7-5-13-3-4-14(11-16(13)18)15-6-10-19-12-15/h3-7,10,12,16H,8-9,11H2,1-2H3. The van der Waals surface area contributed by atoms with E-state index in [4.69, 9.17) is 0 Å². The van der Waals surface area contributed by atoms with Crippen LogP contribution in [-0.2, 0) is 0 Å². The van der Waals surface area contributed by atoms with Gasteiger partial charge in [-0.15, -0.1) is 0 Å². The van der Waals surface area contributed by atoms with Gasteiger partial charge in [0.05, 0.1) is 6.04 Å². The Kier molecular flexibility index (Phi) is 3.58. The van der Waals surface area contributed by atoms with Crippen LogP contribution in [-0.4, -0.2) is 43.0 Å². The third-order valence-electron chi connectivity index (χ3n) is 3.83. The van der Waals surface area contributed by atoms with Gasteiger partial charge in [0, 0.05) is 19.3 Å². The van der Waals surface area contributed by atoms with Gasteiger partial charge >= 0.3 is 0 Å². The Hall–Kier alpha value is -1.32. The summed E-state index contributed by atoms with van der Waals surface area (Å²) in [6, 6.07) is 2.77. The summed E-state index contributed by atoms with van der Waals surface area (Å²) < 4.78 is 0. The molecule has 0 fully saturated rings. The highest BCUT2D eigenvalue weighted by molar-refractivity contribution is 7.08. The van der Waals surface area contributed by atoms with Crippen LogP contribution in [0, 0.1) is 0 Å². The first-order valence-corrected chi connectivity index (χ1v) is 7.70. The smallest absolute Gasteiger partial charge is 0.0578 e. The summed E-state index contributed by atoms with van der Waals surface area (Å²) in [6.07, 6.45) is 10.2. The van der Waals surface area contributed by atoms with Crippen LogP contribution in [0.25, 0.3) is 5.57 Å². The molecular formula is C16H20N2S. The average molecular weight is 272 g/mol. The molecule has 1 aromatic rings. The fourth-order valence-corrected chi connectivity index (χ4v) is 3.35. The molecule has 2 aliphatic rings. The van der Waals surface area contributed by atoms with Crippen molar-refractivity contribution >= 4 is 16.9 Å². The van der Waals surface area contributed by atoms with Crippen molar-refractivity contribution in [1.29, 1.82) is 0 Å². The van der Waals surface area contributed by atoms with Crippen LogP contribution in [0.15, 0.2) is 46.8 Å². The molecule has 0 aromatic carbocycles. The lowest BCUT2D eigenvalue weighted by Crippen LogP contribution is -2.34. The maximum Gasteiger partial charge on any atom is 0.0578 e. The summed E-state index contributed by atoms with van der Waals surface area (Å²) in [5.74, 6) is 0. The van der Waals surface area contributed by atoms with Crippen molar-refractivity contribution in [2.45, 2.75) is 12.5 Å². The van der Waals surface area contributed by atoms with E-state index in [1.54, 1.807) is 11.3 Å². The van der Waals surface area contributed by atoms with Crippen LogP contribution in [0.3, 0.4) is 0 Å². The molecule has 0 amide bonds. The van der Waals surface area contributed by atoms with Gasteiger partial charge in [-0.05, 0) is 60.1 Å². The normalized spacial score (nSPS) is 21.6. The molecular weight excluding hydrogens is 252 g/mol. The predicted octanol–water partition coefficient (Wildman–Crippen LogP) is 3.22. The van der Waals surface area contributed by atoms with E-state index in [1.807, 2.05) is 0 Å². The zero-order chi connectivity index (χ0) is 13.2. The summed E-state index contributed by atoms with van der Waals surface area (Å²) in [5.41, 5.74) is 4.31. The monoisotopic (exact) mass is 272 g/mol. The van der Waals surface area contributed by atoms with Gasteiger partial charge in [-0.1, -0.05) is 12.2 Å². The number of rotatable bonds is 4. The maximum atomic E-state index is 2.48. The topological polar surface area (TPSA) is 6.48 Å². The Morgan fingerprint density at radius 1 is 1.37 bits per heavy atom. The lowest BCUT2D eigenvalue weighted by molar-refractivity contribution is 0.281. The largest absolute Gasteiger partial charge is 0.369 e. The number of hydrogen-bond donors (Lipinski definition) is 0. The van der Waals surface area contributed by atoms with E-state index in [-0.39, 0.29) is 0 Å². The lowest BCUT2D eigenvalue weighted by atomic mass is 9.91. The molecule has 0 spiro atoms. The summed E-state index contributed by atoms with van der Waals surface area (Å²) in [5, 5.41) is 4.41. The minimum Gasteiger partial charge on any atom is -0.369 e. The molecule has 0 bridgehead atoms. The van der Waals surface area contributed by atoms with E-state index in [2.05, 4.69) is 65.1 Å². The first kappa shape index (κ1) is 12.7. The van der Waals surface area contributed by atoms with Crippen LogP contribution in [0.1, 0.15) is 12.0 Å². The molecule has 3 rings (SSSR count). The van der Waals surface area contributed by atoms with Crippen molar-refractivity contribution in [2.24, 2.45) is 0 Å². The second-order valence-corrected chi connectivity index (χ2v) is 6.23. The van der Waals surface area contributed by atoms with E-state index in [0.29, 0.717) is 6.04 Å². The number of thiophene rings is 1. The molecule has 1 atom stereocenters. The number of nitrogens with zero attached hydrogens (tertiary/aromatic N) is 2. The Balaban J connectivity index is 1.73. The van der Waals surface area contributed by atoms with Crippen molar-refractivity contribution in [2.75, 3.05) is 27.2 Å². The van der Waals surface area contributed by atoms with Gasteiger partial charge in [0.15, 0.2) is 0 Å². The Bertz CT molecular complexity index is 523. The van der Waals surface area contributed by atoms with Crippen LogP contribution in [0.5, 0.6) is 0 Å². The second-order valence-electron chi connectivity index (χ2n) is 5.45. The number of fused-ring (bicyclic) bond motifs is 1. The number of likely N-dealkylation sites (N-methyl/N-ethyl adjacent to an activating group) is 1. The third-order valence-corrected chi connectivity index (χ3v) is 4.51. The van der Waals surface area contributed by atoms with Crippen molar-refractivity contribution in [1.82, 2.24) is 9.80 Å². The zero-order valence-corrected chi connectivity index (χ0v) is 12.4. The van der Waals surface area contributed by atoms with Crippen LogP contribution in [0.4, 0.5) is 0 Å². The van der Waals surface area contributed by atoms with Crippen LogP contribution < -0.4 is 0 Å². The summed E-state index contributed by atoms with van der Waals surface area (Å²) in [7, 11) is 4.27. The highest BCUT2D eigenvalue weighted by Gasteiger charge is 2.27. The molecule has 3 heteroatoms. The molecule has 1 aromatic heterocycles. The Morgan fingerprint density at radius 2 is 2.26 bits per heavy atom. The van der Waals surface area contributed by atoms with Crippen molar-refractivity contribution in [3.05, 3.63) is 52.4 Å².